The van der Waals surface area contributed by atoms with Gasteiger partial charge in [-0.25, -0.2) is 4.79 Å². The third kappa shape index (κ3) is 2.02. The molecule has 1 atom stereocenters. The van der Waals surface area contributed by atoms with E-state index < -0.39 is 17.4 Å². The number of hydrogen-bond acceptors (Lipinski definition) is 4. The van der Waals surface area contributed by atoms with Crippen molar-refractivity contribution in [3.05, 3.63) is 39.0 Å². The van der Waals surface area contributed by atoms with Crippen LogP contribution in [-0.2, 0) is 6.54 Å². The summed E-state index contributed by atoms with van der Waals surface area (Å²) in [5.74, 6) is 0.396. The first kappa shape index (κ1) is 12.4. The summed E-state index contributed by atoms with van der Waals surface area (Å²) in [7, 11) is 1.46. The van der Waals surface area contributed by atoms with Crippen LogP contribution in [0.5, 0.6) is 5.75 Å². The Hall–Kier alpha value is -2.08. The van der Waals surface area contributed by atoms with Crippen molar-refractivity contribution in [3.8, 4) is 5.75 Å². The normalized spacial score (nSPS) is 12.6. The van der Waals surface area contributed by atoms with Gasteiger partial charge in [0.15, 0.2) is 0 Å². The minimum Gasteiger partial charge on any atom is -0.496 e. The maximum Gasteiger partial charge on any atom is 0.328 e. The van der Waals surface area contributed by atoms with Crippen molar-refractivity contribution < 1.29 is 9.84 Å². The summed E-state index contributed by atoms with van der Waals surface area (Å²) in [6, 6.07) is 4.97. The highest BCUT2D eigenvalue weighted by Crippen LogP contribution is 2.19. The number of nitrogens with one attached hydrogen (secondary N) is 1. The molecule has 0 saturated carbocycles. The first-order valence-corrected chi connectivity index (χ1v) is 5.52. The van der Waals surface area contributed by atoms with Gasteiger partial charge in [-0.15, -0.1) is 0 Å². The second kappa shape index (κ2) is 4.66. The summed E-state index contributed by atoms with van der Waals surface area (Å²) < 4.78 is 6.08. The Bertz CT molecular complexity index is 685. The summed E-state index contributed by atoms with van der Waals surface area (Å²) in [6.07, 6.45) is -0.782. The zero-order chi connectivity index (χ0) is 13.3. The zero-order valence-corrected chi connectivity index (χ0v) is 10.1. The summed E-state index contributed by atoms with van der Waals surface area (Å²) in [5.41, 5.74) is -0.583. The van der Waals surface area contributed by atoms with Crippen molar-refractivity contribution in [2.24, 2.45) is 0 Å². The molecular formula is C12H14N2O4. The van der Waals surface area contributed by atoms with Crippen LogP contribution in [0.4, 0.5) is 0 Å². The third-order valence-electron chi connectivity index (χ3n) is 2.64. The topological polar surface area (TPSA) is 84.3 Å². The third-order valence-corrected chi connectivity index (χ3v) is 2.64. The molecule has 1 heterocycles. The van der Waals surface area contributed by atoms with E-state index in [4.69, 9.17) is 4.74 Å². The lowest BCUT2D eigenvalue weighted by molar-refractivity contribution is 0.170. The number of aliphatic hydroxyl groups is 1. The predicted molar refractivity (Wildman–Crippen MR) is 67.1 cm³/mol. The van der Waals surface area contributed by atoms with Crippen molar-refractivity contribution in [1.29, 1.82) is 0 Å². The van der Waals surface area contributed by atoms with E-state index >= 15 is 0 Å². The lowest BCUT2D eigenvalue weighted by Gasteiger charge is -2.10. The highest BCUT2D eigenvalue weighted by molar-refractivity contribution is 5.83. The fraction of sp³-hybridized carbons (Fsp3) is 0.333. The molecule has 18 heavy (non-hydrogen) atoms. The van der Waals surface area contributed by atoms with Crippen LogP contribution in [0.2, 0.25) is 0 Å². The minimum absolute atomic E-state index is 0.0534. The van der Waals surface area contributed by atoms with Crippen LogP contribution in [0, 0.1) is 0 Å². The Morgan fingerprint density at radius 1 is 1.44 bits per heavy atom. The van der Waals surface area contributed by atoms with E-state index in [1.54, 1.807) is 18.2 Å². The Labute approximate surface area is 102 Å². The van der Waals surface area contributed by atoms with Crippen LogP contribution < -0.4 is 16.0 Å². The van der Waals surface area contributed by atoms with E-state index in [-0.39, 0.29) is 6.54 Å². The number of ether oxygens (including phenoxy) is 1. The average Bonchev–Trinajstić information content (AvgIpc) is 2.33. The number of fused-ring (bicyclic) bond motifs is 1. The Morgan fingerprint density at radius 3 is 2.78 bits per heavy atom. The maximum absolute atomic E-state index is 12.2. The number of aromatic amines is 1. The van der Waals surface area contributed by atoms with Crippen LogP contribution >= 0.6 is 0 Å². The van der Waals surface area contributed by atoms with Crippen LogP contribution in [0.3, 0.4) is 0 Å². The van der Waals surface area contributed by atoms with Gasteiger partial charge in [-0.1, -0.05) is 6.07 Å². The van der Waals surface area contributed by atoms with Crippen molar-refractivity contribution in [2.75, 3.05) is 7.11 Å². The lowest BCUT2D eigenvalue weighted by Crippen LogP contribution is -2.37. The van der Waals surface area contributed by atoms with Gasteiger partial charge in [0, 0.05) is 0 Å². The number of aromatic nitrogens is 2. The largest absolute Gasteiger partial charge is 0.496 e. The minimum atomic E-state index is -0.782. The number of nitrogens with zero attached hydrogens (tertiary/aromatic N) is 1. The summed E-state index contributed by atoms with van der Waals surface area (Å²) >= 11 is 0. The van der Waals surface area contributed by atoms with Gasteiger partial charge in [0.1, 0.15) is 11.1 Å². The van der Waals surface area contributed by atoms with E-state index in [9.17, 15) is 14.7 Å². The fourth-order valence-electron chi connectivity index (χ4n) is 1.87. The number of rotatable bonds is 3. The second-order valence-corrected chi connectivity index (χ2v) is 4.08. The predicted octanol–water partition coefficient (Wildman–Crippen LogP) is 0.0792. The van der Waals surface area contributed by atoms with Crippen LogP contribution in [0.25, 0.3) is 10.9 Å². The van der Waals surface area contributed by atoms with Crippen LogP contribution in [0.1, 0.15) is 6.92 Å². The molecule has 0 saturated heterocycles. The molecule has 0 amide bonds. The smallest absolute Gasteiger partial charge is 0.328 e. The molecule has 0 aliphatic heterocycles. The molecule has 2 N–H and O–H groups in total. The number of aliphatic hydroxyl groups excluding tert-OH is 1. The molecular weight excluding hydrogens is 236 g/mol. The van der Waals surface area contributed by atoms with Gasteiger partial charge in [-0.3, -0.25) is 9.36 Å². The first-order chi connectivity index (χ1) is 8.54. The van der Waals surface area contributed by atoms with E-state index in [0.717, 1.165) is 4.57 Å². The molecule has 0 spiro atoms. The number of methoxy groups -OCH3 is 1. The maximum atomic E-state index is 12.2. The number of benzene rings is 1. The van der Waals surface area contributed by atoms with Crippen molar-refractivity contribution >= 4 is 10.9 Å². The van der Waals surface area contributed by atoms with Crippen molar-refractivity contribution in [1.82, 2.24) is 9.55 Å². The summed E-state index contributed by atoms with van der Waals surface area (Å²) in [5, 5.41) is 9.62. The van der Waals surface area contributed by atoms with E-state index in [2.05, 4.69) is 4.98 Å². The van der Waals surface area contributed by atoms with Gasteiger partial charge >= 0.3 is 5.69 Å². The van der Waals surface area contributed by atoms with Crippen molar-refractivity contribution in [3.63, 3.8) is 0 Å². The molecule has 1 aromatic heterocycles. The molecule has 1 aromatic carbocycles. The molecule has 0 fully saturated rings. The van der Waals surface area contributed by atoms with Crippen molar-refractivity contribution in [2.45, 2.75) is 19.6 Å². The van der Waals surface area contributed by atoms with Gasteiger partial charge in [0.25, 0.3) is 5.56 Å². The van der Waals surface area contributed by atoms with Gasteiger partial charge in [-0.05, 0) is 19.1 Å². The van der Waals surface area contributed by atoms with Crippen LogP contribution in [0.15, 0.2) is 27.8 Å². The molecule has 2 aromatic rings. The molecule has 1 unspecified atom stereocenters. The van der Waals surface area contributed by atoms with E-state index in [1.807, 2.05) is 0 Å². The molecule has 96 valence electrons. The van der Waals surface area contributed by atoms with Gasteiger partial charge in [-0.2, -0.15) is 0 Å². The molecule has 0 aliphatic rings. The lowest BCUT2D eigenvalue weighted by atomic mass is 10.2. The molecule has 0 aliphatic carbocycles. The van der Waals surface area contributed by atoms with E-state index in [1.165, 1.54) is 14.0 Å². The number of hydrogen-bond donors (Lipinski definition) is 2. The highest BCUT2D eigenvalue weighted by atomic mass is 16.5. The molecule has 0 bridgehead atoms. The summed E-state index contributed by atoms with van der Waals surface area (Å²) in [6.45, 7) is 1.46. The quantitative estimate of drug-likeness (QED) is 0.808. The van der Waals surface area contributed by atoms with E-state index in [0.29, 0.717) is 16.7 Å². The zero-order valence-electron chi connectivity index (χ0n) is 10.1. The van der Waals surface area contributed by atoms with Gasteiger partial charge in [0.05, 0.1) is 25.3 Å². The second-order valence-electron chi connectivity index (χ2n) is 4.08. The average molecular weight is 250 g/mol. The standard InChI is InChI=1S/C12H14N2O4/c1-7(15)6-14-11(16)10-8(13-12(14)17)4-3-5-9(10)18-2/h3-5,7,15H,6H2,1-2H3,(H,13,17). The number of H-pyrrole nitrogens is 1. The molecule has 6 nitrogen and oxygen atoms in total. The molecule has 6 heteroatoms. The first-order valence-electron chi connectivity index (χ1n) is 5.52. The fourth-order valence-corrected chi connectivity index (χ4v) is 1.87. The van der Waals surface area contributed by atoms with Crippen LogP contribution in [-0.4, -0.2) is 27.9 Å². The highest BCUT2D eigenvalue weighted by Gasteiger charge is 2.12. The Balaban J connectivity index is 2.83. The summed E-state index contributed by atoms with van der Waals surface area (Å²) in [4.78, 5) is 26.6. The Kier molecular flexibility index (Phi) is 3.20. The van der Waals surface area contributed by atoms with Gasteiger partial charge in [0.2, 0.25) is 0 Å². The Morgan fingerprint density at radius 2 is 2.17 bits per heavy atom. The van der Waals surface area contributed by atoms with Gasteiger partial charge < -0.3 is 14.8 Å². The molecule has 0 radical (unpaired) electrons. The molecule has 2 rings (SSSR count). The SMILES string of the molecule is COc1cccc2[nH]c(=O)n(CC(C)O)c(=O)c12. The monoisotopic (exact) mass is 250 g/mol.